The number of carbonyl (C=O) groups excluding carboxylic acids is 2. The summed E-state index contributed by atoms with van der Waals surface area (Å²) in [6.07, 6.45) is 16.6. The average molecular weight is 737 g/mol. The van der Waals surface area contributed by atoms with E-state index in [1.54, 1.807) is 0 Å². The van der Waals surface area contributed by atoms with Crippen molar-refractivity contribution in [3.63, 3.8) is 0 Å². The number of allylic oxidation sites excluding steroid dienone is 1. The molecule has 1 amide bonds. The second kappa shape index (κ2) is 14.2. The minimum atomic E-state index is -0.879. The number of nitrogens with one attached hydrogen (secondary N) is 1. The number of esters is 1. The summed E-state index contributed by atoms with van der Waals surface area (Å²) in [5.74, 6) is 1.85. The molecule has 2 N–H and O–H groups in total. The van der Waals surface area contributed by atoms with Gasteiger partial charge in [-0.05, 0) is 168 Å². The molecule has 6 rings (SSSR count). The Morgan fingerprint density at radius 2 is 1.49 bits per heavy atom. The standard InChI is InChI=1S/C46H76N2O5/c1-29(2)32-18-23-46(26-37(49)47-30-12-14-31(15-13-30)48(10)11)25-24-44(8)33(40(32)46)16-17-35-43(7)21-20-36(42(5,6)34(43)19-22-45(35,44)9)53-39(52)28-41(3,4)27-38(50)51/h30-36,40H,1,12-28H2,2-11H3,(H,47,49)(H,50,51)/t30?,31?,32-,33+,34-,35+,36-,40+,43-,44+,45+,46?/m0/s1. The number of rotatable bonds is 10. The number of nitrogens with zero attached hydrogens (tertiary/aromatic N) is 1. The molecule has 10 atom stereocenters. The third-order valence-corrected chi connectivity index (χ3v) is 18.0. The number of ether oxygens (including phenoxy) is 1. The van der Waals surface area contributed by atoms with Crippen LogP contribution in [0.3, 0.4) is 0 Å². The first kappa shape index (κ1) is 40.8. The lowest BCUT2D eigenvalue weighted by Crippen LogP contribution is -2.67. The van der Waals surface area contributed by atoms with Gasteiger partial charge in [0.1, 0.15) is 6.10 Å². The van der Waals surface area contributed by atoms with Crippen molar-refractivity contribution >= 4 is 17.8 Å². The molecule has 6 aliphatic rings. The maximum Gasteiger partial charge on any atom is 0.306 e. The number of amides is 1. The van der Waals surface area contributed by atoms with E-state index >= 15 is 0 Å². The highest BCUT2D eigenvalue weighted by Gasteiger charge is 2.71. The van der Waals surface area contributed by atoms with Gasteiger partial charge < -0.3 is 20.1 Å². The first-order chi connectivity index (χ1) is 24.6. The fraction of sp³-hybridized carbons (Fsp3) is 0.891. The Morgan fingerprint density at radius 1 is 0.811 bits per heavy atom. The quantitative estimate of drug-likeness (QED) is 0.171. The molecule has 0 aliphatic heterocycles. The van der Waals surface area contributed by atoms with Gasteiger partial charge in [-0.1, -0.05) is 60.6 Å². The van der Waals surface area contributed by atoms with Crippen molar-refractivity contribution in [2.24, 2.45) is 62.1 Å². The van der Waals surface area contributed by atoms with Gasteiger partial charge in [0.25, 0.3) is 0 Å². The van der Waals surface area contributed by atoms with Crippen LogP contribution in [0.2, 0.25) is 0 Å². The zero-order valence-corrected chi connectivity index (χ0v) is 35.4. The lowest BCUT2D eigenvalue weighted by molar-refractivity contribution is -0.250. The summed E-state index contributed by atoms with van der Waals surface area (Å²) >= 11 is 0. The lowest BCUT2D eigenvalue weighted by atomic mass is 9.32. The van der Waals surface area contributed by atoms with Crippen LogP contribution >= 0.6 is 0 Å². The molecule has 0 saturated heterocycles. The Kier molecular flexibility index (Phi) is 11.0. The first-order valence-corrected chi connectivity index (χ1v) is 21.6. The van der Waals surface area contributed by atoms with Gasteiger partial charge in [0.05, 0.1) is 12.8 Å². The molecule has 0 aromatic heterocycles. The Labute approximate surface area is 322 Å². The van der Waals surface area contributed by atoms with E-state index in [2.05, 4.69) is 72.4 Å². The second-order valence-electron chi connectivity index (χ2n) is 22.0. The van der Waals surface area contributed by atoms with Crippen LogP contribution < -0.4 is 5.32 Å². The van der Waals surface area contributed by atoms with Crippen LogP contribution in [0.5, 0.6) is 0 Å². The molecule has 0 aromatic rings. The summed E-state index contributed by atoms with van der Waals surface area (Å²) in [4.78, 5) is 41.0. The van der Waals surface area contributed by atoms with E-state index in [-0.39, 0.29) is 52.0 Å². The van der Waals surface area contributed by atoms with Crippen LogP contribution in [0.4, 0.5) is 0 Å². The number of carboxylic acids is 1. The zero-order valence-electron chi connectivity index (χ0n) is 35.4. The Hall–Kier alpha value is -1.89. The number of carbonyl (C=O) groups is 3. The molecule has 7 heteroatoms. The molecule has 6 aliphatic carbocycles. The van der Waals surface area contributed by atoms with Crippen LogP contribution in [0.25, 0.3) is 0 Å². The molecule has 0 radical (unpaired) electrons. The zero-order chi connectivity index (χ0) is 38.9. The molecular formula is C46H76N2O5. The summed E-state index contributed by atoms with van der Waals surface area (Å²) < 4.78 is 6.30. The molecule has 0 heterocycles. The Balaban J connectivity index is 1.19. The molecule has 7 nitrogen and oxygen atoms in total. The summed E-state index contributed by atoms with van der Waals surface area (Å²) in [6, 6.07) is 0.952. The van der Waals surface area contributed by atoms with Crippen molar-refractivity contribution in [2.75, 3.05) is 14.1 Å². The van der Waals surface area contributed by atoms with Crippen LogP contribution in [-0.4, -0.2) is 60.1 Å². The van der Waals surface area contributed by atoms with E-state index in [1.807, 2.05) is 13.8 Å². The topological polar surface area (TPSA) is 95.9 Å². The maximum absolute atomic E-state index is 14.0. The van der Waals surface area contributed by atoms with Crippen LogP contribution in [-0.2, 0) is 19.1 Å². The van der Waals surface area contributed by atoms with Gasteiger partial charge in [-0.2, -0.15) is 0 Å². The third-order valence-electron chi connectivity index (χ3n) is 18.0. The second-order valence-corrected chi connectivity index (χ2v) is 22.0. The van der Waals surface area contributed by atoms with Gasteiger partial charge in [0.15, 0.2) is 0 Å². The average Bonchev–Trinajstić information content (AvgIpc) is 3.41. The van der Waals surface area contributed by atoms with Gasteiger partial charge in [-0.15, -0.1) is 0 Å². The van der Waals surface area contributed by atoms with Crippen molar-refractivity contribution in [1.29, 1.82) is 0 Å². The van der Waals surface area contributed by atoms with E-state index < -0.39 is 11.4 Å². The van der Waals surface area contributed by atoms with E-state index in [4.69, 9.17) is 4.74 Å². The highest BCUT2D eigenvalue weighted by atomic mass is 16.5. The normalized spacial score (nSPS) is 43.5. The molecule has 0 bridgehead atoms. The van der Waals surface area contributed by atoms with Crippen molar-refractivity contribution in [3.05, 3.63) is 12.2 Å². The van der Waals surface area contributed by atoms with Crippen molar-refractivity contribution in [3.8, 4) is 0 Å². The number of fused-ring (bicyclic) bond motifs is 7. The molecular weight excluding hydrogens is 661 g/mol. The lowest BCUT2D eigenvalue weighted by Gasteiger charge is -2.73. The SMILES string of the molecule is C=C(C)[C@@H]1CCC2(CC(=O)NC3CCC(N(C)C)CC3)CC[C@]3(C)[C@H](CC[C@@H]4[C@@]5(C)CC[C@H](OC(=O)CC(C)(C)CC(=O)O)C(C)(C)[C@@H]5CC[C@]43C)[C@@H]12. The van der Waals surface area contributed by atoms with Crippen molar-refractivity contribution in [2.45, 2.75) is 183 Å². The predicted octanol–water partition coefficient (Wildman–Crippen LogP) is 9.83. The van der Waals surface area contributed by atoms with E-state index in [0.717, 1.165) is 44.9 Å². The van der Waals surface area contributed by atoms with Crippen LogP contribution in [0.1, 0.15) is 165 Å². The number of hydrogen-bond acceptors (Lipinski definition) is 5. The molecule has 0 aromatic carbocycles. The van der Waals surface area contributed by atoms with Gasteiger partial charge in [0.2, 0.25) is 5.91 Å². The highest BCUT2D eigenvalue weighted by molar-refractivity contribution is 5.77. The predicted molar refractivity (Wildman–Crippen MR) is 212 cm³/mol. The summed E-state index contributed by atoms with van der Waals surface area (Å²) in [7, 11) is 4.36. The molecule has 300 valence electrons. The van der Waals surface area contributed by atoms with E-state index in [9.17, 15) is 19.5 Å². The fourth-order valence-electron chi connectivity index (χ4n) is 15.2. The van der Waals surface area contributed by atoms with Crippen LogP contribution in [0, 0.1) is 62.1 Å². The van der Waals surface area contributed by atoms with Crippen molar-refractivity contribution in [1.82, 2.24) is 10.2 Å². The van der Waals surface area contributed by atoms with Gasteiger partial charge in [-0.25, -0.2) is 0 Å². The third kappa shape index (κ3) is 7.07. The summed E-state index contributed by atoms with van der Waals surface area (Å²) in [6.45, 7) is 23.2. The van der Waals surface area contributed by atoms with Gasteiger partial charge >= 0.3 is 11.9 Å². The van der Waals surface area contributed by atoms with Crippen LogP contribution in [0.15, 0.2) is 12.2 Å². The van der Waals surface area contributed by atoms with Gasteiger partial charge in [0, 0.05) is 23.9 Å². The minimum Gasteiger partial charge on any atom is -0.481 e. The Bertz CT molecular complexity index is 1430. The highest BCUT2D eigenvalue weighted by Crippen LogP contribution is 2.78. The monoisotopic (exact) mass is 737 g/mol. The Morgan fingerprint density at radius 3 is 2.11 bits per heavy atom. The molecule has 6 saturated carbocycles. The largest absolute Gasteiger partial charge is 0.481 e. The summed E-state index contributed by atoms with van der Waals surface area (Å²) in [5, 5.41) is 12.9. The maximum atomic E-state index is 14.0. The molecule has 53 heavy (non-hydrogen) atoms. The van der Waals surface area contributed by atoms with E-state index in [0.29, 0.717) is 54.0 Å². The minimum absolute atomic E-state index is 0.0444. The summed E-state index contributed by atoms with van der Waals surface area (Å²) in [5.41, 5.74) is 1.20. The molecule has 6 fully saturated rings. The first-order valence-electron chi connectivity index (χ1n) is 21.6. The number of aliphatic carboxylic acids is 1. The smallest absolute Gasteiger partial charge is 0.306 e. The number of hydrogen-bond donors (Lipinski definition) is 2. The van der Waals surface area contributed by atoms with Crippen molar-refractivity contribution < 1.29 is 24.2 Å². The van der Waals surface area contributed by atoms with E-state index in [1.165, 1.54) is 50.5 Å². The fourth-order valence-corrected chi connectivity index (χ4v) is 15.2. The molecule has 0 spiro atoms. The number of carboxylic acid groups (broad SMARTS) is 1. The molecule has 1 unspecified atom stereocenters. The van der Waals surface area contributed by atoms with Gasteiger partial charge in [-0.3, -0.25) is 14.4 Å².